The minimum Gasteiger partial charge on any atom is -0.369 e. The van der Waals surface area contributed by atoms with Gasteiger partial charge in [-0.2, -0.15) is 5.26 Å². The number of carbonyl (C=O) groups is 1. The zero-order valence-corrected chi connectivity index (χ0v) is 21.7. The van der Waals surface area contributed by atoms with Crippen molar-refractivity contribution in [2.75, 3.05) is 13.1 Å². The normalized spacial score (nSPS) is 19.3. The summed E-state index contributed by atoms with van der Waals surface area (Å²) in [5, 5.41) is 21.7. The summed E-state index contributed by atoms with van der Waals surface area (Å²) in [5.74, 6) is 1.58. The lowest BCUT2D eigenvalue weighted by atomic mass is 9.80. The van der Waals surface area contributed by atoms with E-state index >= 15 is 0 Å². The summed E-state index contributed by atoms with van der Waals surface area (Å²) < 4.78 is 0. The SMILES string of the molecule is CCC/C=C\c1c(C)ncnc1C1=CC(CC(CC#N)C2CCCC2)CCN=C1NCCC(=O)NO. The van der Waals surface area contributed by atoms with E-state index in [0.29, 0.717) is 37.2 Å². The van der Waals surface area contributed by atoms with Crippen LogP contribution in [0.3, 0.4) is 0 Å². The first kappa shape index (κ1) is 27.5. The maximum atomic E-state index is 11.6. The van der Waals surface area contributed by atoms with Crippen molar-refractivity contribution in [3.8, 4) is 6.07 Å². The molecule has 8 heteroatoms. The zero-order chi connectivity index (χ0) is 25.8. The number of amidine groups is 1. The molecule has 1 aliphatic heterocycles. The number of nitriles is 1. The lowest BCUT2D eigenvalue weighted by Gasteiger charge is -2.24. The average Bonchev–Trinajstić information content (AvgIpc) is 3.34. The molecule has 1 amide bonds. The minimum atomic E-state index is -0.447. The van der Waals surface area contributed by atoms with Crippen LogP contribution in [0.2, 0.25) is 0 Å². The predicted molar refractivity (Wildman–Crippen MR) is 142 cm³/mol. The molecule has 0 saturated heterocycles. The second-order valence-corrected chi connectivity index (χ2v) is 9.89. The number of nitrogens with zero attached hydrogens (tertiary/aromatic N) is 4. The molecule has 1 saturated carbocycles. The Hall–Kier alpha value is -3.05. The van der Waals surface area contributed by atoms with Gasteiger partial charge in [-0.25, -0.2) is 15.4 Å². The molecule has 1 aromatic heterocycles. The van der Waals surface area contributed by atoms with Gasteiger partial charge in [0.25, 0.3) is 0 Å². The van der Waals surface area contributed by atoms with Gasteiger partial charge in [-0.3, -0.25) is 15.0 Å². The van der Waals surface area contributed by atoms with Crippen LogP contribution in [-0.2, 0) is 4.79 Å². The van der Waals surface area contributed by atoms with E-state index in [1.54, 1.807) is 11.8 Å². The van der Waals surface area contributed by atoms with Crippen LogP contribution >= 0.6 is 0 Å². The third kappa shape index (κ3) is 7.72. The molecule has 1 aromatic rings. The highest BCUT2D eigenvalue weighted by molar-refractivity contribution is 6.23. The molecule has 194 valence electrons. The number of carbonyl (C=O) groups excluding carboxylic acids is 1. The maximum absolute atomic E-state index is 11.6. The lowest BCUT2D eigenvalue weighted by Crippen LogP contribution is -2.30. The van der Waals surface area contributed by atoms with E-state index in [4.69, 9.17) is 15.2 Å². The molecule has 8 nitrogen and oxygen atoms in total. The number of rotatable bonds is 11. The summed E-state index contributed by atoms with van der Waals surface area (Å²) in [4.78, 5) is 25.6. The van der Waals surface area contributed by atoms with E-state index in [1.165, 1.54) is 25.7 Å². The first-order valence-corrected chi connectivity index (χ1v) is 13.4. The first-order valence-electron chi connectivity index (χ1n) is 13.4. The Kier molecular flexibility index (Phi) is 11.1. The van der Waals surface area contributed by atoms with Crippen LogP contribution in [0.4, 0.5) is 0 Å². The van der Waals surface area contributed by atoms with Gasteiger partial charge >= 0.3 is 0 Å². The fourth-order valence-corrected chi connectivity index (χ4v) is 5.35. The highest BCUT2D eigenvalue weighted by atomic mass is 16.5. The van der Waals surface area contributed by atoms with Crippen molar-refractivity contribution < 1.29 is 10.0 Å². The van der Waals surface area contributed by atoms with E-state index in [1.807, 2.05) is 6.92 Å². The zero-order valence-electron chi connectivity index (χ0n) is 21.7. The van der Waals surface area contributed by atoms with E-state index < -0.39 is 5.91 Å². The van der Waals surface area contributed by atoms with Gasteiger partial charge in [0.05, 0.1) is 11.8 Å². The third-order valence-electron chi connectivity index (χ3n) is 7.30. The molecule has 3 N–H and O–H groups in total. The fourth-order valence-electron chi connectivity index (χ4n) is 5.35. The van der Waals surface area contributed by atoms with Crippen LogP contribution in [0.15, 0.2) is 23.5 Å². The van der Waals surface area contributed by atoms with E-state index in [-0.39, 0.29) is 12.3 Å². The van der Waals surface area contributed by atoms with Gasteiger partial charge in [0.15, 0.2) is 0 Å². The van der Waals surface area contributed by atoms with Crippen molar-refractivity contribution in [2.24, 2.45) is 22.7 Å². The van der Waals surface area contributed by atoms with E-state index in [0.717, 1.165) is 48.2 Å². The Balaban J connectivity index is 1.95. The molecule has 0 radical (unpaired) electrons. The van der Waals surface area contributed by atoms with Crippen LogP contribution in [0.1, 0.15) is 88.1 Å². The molecule has 2 atom stereocenters. The van der Waals surface area contributed by atoms with Gasteiger partial charge in [0.2, 0.25) is 5.91 Å². The van der Waals surface area contributed by atoms with Crippen LogP contribution < -0.4 is 10.8 Å². The quantitative estimate of drug-likeness (QED) is 0.295. The molecular formula is C28H40N6O2. The van der Waals surface area contributed by atoms with Crippen molar-refractivity contribution in [1.82, 2.24) is 20.8 Å². The van der Waals surface area contributed by atoms with Crippen molar-refractivity contribution >= 4 is 23.4 Å². The van der Waals surface area contributed by atoms with Gasteiger partial charge in [0.1, 0.15) is 12.2 Å². The monoisotopic (exact) mass is 492 g/mol. The van der Waals surface area contributed by atoms with E-state index in [2.05, 4.69) is 41.5 Å². The van der Waals surface area contributed by atoms with Crippen molar-refractivity contribution in [3.63, 3.8) is 0 Å². The first-order chi connectivity index (χ1) is 17.6. The number of aromatic nitrogens is 2. The molecule has 2 unspecified atom stereocenters. The van der Waals surface area contributed by atoms with Gasteiger partial charge in [0, 0.05) is 42.8 Å². The minimum absolute atomic E-state index is 0.129. The van der Waals surface area contributed by atoms with Crippen molar-refractivity contribution in [1.29, 1.82) is 5.26 Å². The summed E-state index contributed by atoms with van der Waals surface area (Å²) in [6.45, 7) is 5.15. The molecule has 36 heavy (non-hydrogen) atoms. The molecule has 0 spiro atoms. The van der Waals surface area contributed by atoms with Crippen molar-refractivity contribution in [3.05, 3.63) is 35.4 Å². The van der Waals surface area contributed by atoms with E-state index in [9.17, 15) is 10.1 Å². The summed E-state index contributed by atoms with van der Waals surface area (Å²) in [7, 11) is 0. The Morgan fingerprint density at radius 3 is 2.83 bits per heavy atom. The van der Waals surface area contributed by atoms with Gasteiger partial charge < -0.3 is 5.32 Å². The standard InChI is InChI=1S/C28H40N6O2/c1-3-4-5-10-24-20(2)32-19-33-27(24)25-18-21(17-23(11-14-29)22-8-6-7-9-22)12-15-30-28(25)31-16-13-26(35)34-36/h5,10,18-19,21-23,36H,3-4,6-9,11-13,15-17H2,1-2H3,(H,30,31)(H,34,35)/b10-5-. The molecule has 0 aromatic carbocycles. The number of unbranched alkanes of at least 4 members (excludes halogenated alkanes) is 1. The molecule has 1 aliphatic carbocycles. The number of aryl methyl sites for hydroxylation is 1. The predicted octanol–water partition coefficient (Wildman–Crippen LogP) is 5.00. The number of hydrogen-bond acceptors (Lipinski definition) is 7. The lowest BCUT2D eigenvalue weighted by molar-refractivity contribution is -0.129. The number of hydroxylamine groups is 1. The molecule has 2 aliphatic rings. The highest BCUT2D eigenvalue weighted by Gasteiger charge is 2.28. The number of nitrogens with one attached hydrogen (secondary N) is 2. The summed E-state index contributed by atoms with van der Waals surface area (Å²) >= 11 is 0. The van der Waals surface area contributed by atoms with Gasteiger partial charge in [-0.1, -0.05) is 57.3 Å². The Bertz CT molecular complexity index is 1000. The Morgan fingerprint density at radius 2 is 2.11 bits per heavy atom. The number of allylic oxidation sites excluding steroid dienone is 2. The highest BCUT2D eigenvalue weighted by Crippen LogP contribution is 2.38. The van der Waals surface area contributed by atoms with Crippen LogP contribution in [0.25, 0.3) is 11.6 Å². The van der Waals surface area contributed by atoms with Crippen LogP contribution in [0.5, 0.6) is 0 Å². The topological polar surface area (TPSA) is 123 Å². The Morgan fingerprint density at radius 1 is 1.31 bits per heavy atom. The molecule has 0 bridgehead atoms. The second-order valence-electron chi connectivity index (χ2n) is 9.89. The third-order valence-corrected chi connectivity index (χ3v) is 7.30. The van der Waals surface area contributed by atoms with Crippen LogP contribution in [-0.4, -0.2) is 40.0 Å². The smallest absolute Gasteiger partial charge is 0.245 e. The molecule has 2 heterocycles. The van der Waals surface area contributed by atoms with Gasteiger partial charge in [-0.15, -0.1) is 0 Å². The maximum Gasteiger partial charge on any atom is 0.245 e. The van der Waals surface area contributed by atoms with Crippen LogP contribution in [0, 0.1) is 36.0 Å². The fraction of sp³-hybridized carbons (Fsp3) is 0.607. The molecular weight excluding hydrogens is 452 g/mol. The second kappa shape index (κ2) is 14.5. The number of aliphatic imine (C=N–C) groups is 1. The van der Waals surface area contributed by atoms with Crippen molar-refractivity contribution in [2.45, 2.75) is 78.1 Å². The summed E-state index contributed by atoms with van der Waals surface area (Å²) in [6, 6.07) is 2.44. The number of amides is 1. The Labute approximate surface area is 215 Å². The summed E-state index contributed by atoms with van der Waals surface area (Å²) in [5.41, 5.74) is 5.31. The number of hydrogen-bond donors (Lipinski definition) is 3. The van der Waals surface area contributed by atoms with Gasteiger partial charge in [-0.05, 0) is 43.9 Å². The summed E-state index contributed by atoms with van der Waals surface area (Å²) in [6.07, 6.45) is 17.8. The molecule has 1 fully saturated rings. The molecule has 3 rings (SSSR count). The largest absolute Gasteiger partial charge is 0.369 e. The average molecular weight is 493 g/mol.